The number of benzene rings is 1. The summed E-state index contributed by atoms with van der Waals surface area (Å²) in [5, 5.41) is 0. The minimum absolute atomic E-state index is 0.740. The molecule has 24 heavy (non-hydrogen) atoms. The summed E-state index contributed by atoms with van der Waals surface area (Å²) < 4.78 is 2.41. The Morgan fingerprint density at radius 1 is 1.17 bits per heavy atom. The number of likely N-dealkylation sites (tertiary alicyclic amines) is 1. The van der Waals surface area contributed by atoms with Crippen molar-refractivity contribution in [2.75, 3.05) is 13.1 Å². The third-order valence-corrected chi connectivity index (χ3v) is 5.76. The molecule has 1 saturated heterocycles. The summed E-state index contributed by atoms with van der Waals surface area (Å²) in [6, 6.07) is 9.59. The summed E-state index contributed by atoms with van der Waals surface area (Å²) in [7, 11) is 0. The summed E-state index contributed by atoms with van der Waals surface area (Å²) in [5.74, 6) is 0.843. The van der Waals surface area contributed by atoms with Crippen LogP contribution < -0.4 is 0 Å². The first kappa shape index (κ1) is 15.9. The molecule has 3 nitrogen and oxygen atoms in total. The quantitative estimate of drug-likeness (QED) is 0.787. The normalized spacial score (nSPS) is 22.0. The van der Waals surface area contributed by atoms with Crippen molar-refractivity contribution < 1.29 is 0 Å². The molecule has 2 aromatic rings. The molecule has 1 aliphatic carbocycles. The predicted octanol–water partition coefficient (Wildman–Crippen LogP) is 4.37. The molecule has 1 aromatic heterocycles. The molecule has 4 rings (SSSR count). The van der Waals surface area contributed by atoms with Crippen molar-refractivity contribution >= 4 is 0 Å². The number of piperidine rings is 1. The summed E-state index contributed by atoms with van der Waals surface area (Å²) >= 11 is 0. The molecular formula is C21H29N3. The molecule has 0 unspecified atom stereocenters. The van der Waals surface area contributed by atoms with Crippen LogP contribution in [0, 0.1) is 12.8 Å². The lowest BCUT2D eigenvalue weighted by atomic mass is 9.90. The maximum atomic E-state index is 4.39. The number of aryl methyl sites for hydroxylation is 2. The maximum absolute atomic E-state index is 4.39. The van der Waals surface area contributed by atoms with Gasteiger partial charge in [0.15, 0.2) is 0 Å². The molecule has 1 aliphatic heterocycles. The lowest BCUT2D eigenvalue weighted by molar-refractivity contribution is 0.158. The third-order valence-electron chi connectivity index (χ3n) is 5.76. The van der Waals surface area contributed by atoms with Gasteiger partial charge < -0.3 is 4.57 Å². The van der Waals surface area contributed by atoms with Crippen molar-refractivity contribution in [3.63, 3.8) is 0 Å². The molecule has 0 N–H and O–H groups in total. The van der Waals surface area contributed by atoms with Gasteiger partial charge in [0.05, 0.1) is 12.0 Å². The second kappa shape index (κ2) is 7.10. The zero-order valence-electron chi connectivity index (χ0n) is 14.8. The van der Waals surface area contributed by atoms with Gasteiger partial charge >= 0.3 is 0 Å². The average molecular weight is 323 g/mol. The SMILES string of the molecule is Cc1ccccc1CC[C@@H]1CCCN(Cc2cncn2C2CC2)C1. The minimum atomic E-state index is 0.740. The molecule has 0 amide bonds. The second-order valence-electron chi connectivity index (χ2n) is 7.73. The molecule has 1 atom stereocenters. The number of imidazole rings is 1. The van der Waals surface area contributed by atoms with Crippen LogP contribution in [0.1, 0.15) is 55.0 Å². The van der Waals surface area contributed by atoms with Gasteiger partial charge in [-0.05, 0) is 69.0 Å². The van der Waals surface area contributed by atoms with E-state index in [4.69, 9.17) is 0 Å². The van der Waals surface area contributed by atoms with E-state index in [-0.39, 0.29) is 0 Å². The standard InChI is InChI=1S/C21H29N3/c1-17-5-2-3-7-19(17)9-8-18-6-4-12-23(14-18)15-21-13-22-16-24(21)20-10-11-20/h2-3,5,7,13,16,18,20H,4,6,8-12,14-15H2,1H3/t18-/m0/s1. The first-order valence-corrected chi connectivity index (χ1v) is 9.57. The van der Waals surface area contributed by atoms with Gasteiger partial charge in [0.25, 0.3) is 0 Å². The lowest BCUT2D eigenvalue weighted by Crippen LogP contribution is -2.35. The average Bonchev–Trinajstić information content (AvgIpc) is 3.34. The molecule has 2 heterocycles. The zero-order chi connectivity index (χ0) is 16.4. The summed E-state index contributed by atoms with van der Waals surface area (Å²) in [6.45, 7) is 5.82. The van der Waals surface area contributed by atoms with Crippen LogP contribution in [0.5, 0.6) is 0 Å². The van der Waals surface area contributed by atoms with Crippen molar-refractivity contribution in [3.8, 4) is 0 Å². The topological polar surface area (TPSA) is 21.1 Å². The van der Waals surface area contributed by atoms with Crippen molar-refractivity contribution in [2.24, 2.45) is 5.92 Å². The van der Waals surface area contributed by atoms with E-state index >= 15 is 0 Å². The van der Waals surface area contributed by atoms with Crippen molar-refractivity contribution in [1.29, 1.82) is 0 Å². The Kier molecular flexibility index (Phi) is 4.70. The molecule has 0 bridgehead atoms. The summed E-state index contributed by atoms with van der Waals surface area (Å²) in [6.07, 6.45) is 12.1. The van der Waals surface area contributed by atoms with Crippen LogP contribution in [-0.2, 0) is 13.0 Å². The Hall–Kier alpha value is -1.61. The highest BCUT2D eigenvalue weighted by Gasteiger charge is 2.27. The van der Waals surface area contributed by atoms with Gasteiger partial charge in [-0.2, -0.15) is 0 Å². The monoisotopic (exact) mass is 323 g/mol. The van der Waals surface area contributed by atoms with Crippen molar-refractivity contribution in [1.82, 2.24) is 14.5 Å². The minimum Gasteiger partial charge on any atom is -0.330 e. The van der Waals surface area contributed by atoms with Crippen LogP contribution in [0.3, 0.4) is 0 Å². The van der Waals surface area contributed by atoms with E-state index in [0.29, 0.717) is 0 Å². The highest BCUT2D eigenvalue weighted by Crippen LogP contribution is 2.36. The third kappa shape index (κ3) is 3.72. The maximum Gasteiger partial charge on any atom is 0.0951 e. The highest BCUT2D eigenvalue weighted by atomic mass is 15.2. The predicted molar refractivity (Wildman–Crippen MR) is 98.0 cm³/mol. The first-order valence-electron chi connectivity index (χ1n) is 9.57. The fourth-order valence-corrected chi connectivity index (χ4v) is 4.15. The smallest absolute Gasteiger partial charge is 0.0951 e. The van der Waals surface area contributed by atoms with Crippen molar-refractivity contribution in [3.05, 3.63) is 53.6 Å². The molecular weight excluding hydrogens is 294 g/mol. The van der Waals surface area contributed by atoms with E-state index in [0.717, 1.165) is 18.5 Å². The van der Waals surface area contributed by atoms with Gasteiger partial charge in [0.2, 0.25) is 0 Å². The van der Waals surface area contributed by atoms with Crippen LogP contribution in [0.4, 0.5) is 0 Å². The Morgan fingerprint density at radius 3 is 2.88 bits per heavy atom. The Bertz CT molecular complexity index is 671. The molecule has 2 fully saturated rings. The van der Waals surface area contributed by atoms with Gasteiger partial charge in [-0.15, -0.1) is 0 Å². The van der Waals surface area contributed by atoms with E-state index in [1.165, 1.54) is 68.4 Å². The Balaban J connectivity index is 1.32. The van der Waals surface area contributed by atoms with Crippen LogP contribution in [0.15, 0.2) is 36.8 Å². The van der Waals surface area contributed by atoms with Crippen LogP contribution in [-0.4, -0.2) is 27.5 Å². The fraction of sp³-hybridized carbons (Fsp3) is 0.571. The van der Waals surface area contributed by atoms with Crippen LogP contribution in [0.2, 0.25) is 0 Å². The number of rotatable bonds is 6. The molecule has 3 heteroatoms. The van der Waals surface area contributed by atoms with Gasteiger partial charge in [0.1, 0.15) is 0 Å². The first-order chi connectivity index (χ1) is 11.8. The fourth-order valence-electron chi connectivity index (χ4n) is 4.15. The number of aromatic nitrogens is 2. The summed E-state index contributed by atoms with van der Waals surface area (Å²) in [4.78, 5) is 7.04. The van der Waals surface area contributed by atoms with Crippen LogP contribution in [0.25, 0.3) is 0 Å². The number of hydrogen-bond donors (Lipinski definition) is 0. The number of hydrogen-bond acceptors (Lipinski definition) is 2. The molecule has 1 saturated carbocycles. The van der Waals surface area contributed by atoms with E-state index < -0.39 is 0 Å². The zero-order valence-corrected chi connectivity index (χ0v) is 14.8. The highest BCUT2D eigenvalue weighted by molar-refractivity contribution is 5.25. The Labute approximate surface area is 145 Å². The molecule has 2 aliphatic rings. The van der Waals surface area contributed by atoms with Gasteiger partial charge in [0, 0.05) is 25.3 Å². The van der Waals surface area contributed by atoms with E-state index in [9.17, 15) is 0 Å². The Morgan fingerprint density at radius 2 is 2.04 bits per heavy atom. The van der Waals surface area contributed by atoms with Crippen molar-refractivity contribution in [2.45, 2.75) is 58.0 Å². The second-order valence-corrected chi connectivity index (χ2v) is 7.73. The number of nitrogens with zero attached hydrogens (tertiary/aromatic N) is 3. The van der Waals surface area contributed by atoms with E-state index in [2.05, 4.69) is 51.8 Å². The molecule has 0 radical (unpaired) electrons. The van der Waals surface area contributed by atoms with Gasteiger partial charge in [-0.3, -0.25) is 4.90 Å². The molecule has 1 aromatic carbocycles. The van der Waals surface area contributed by atoms with E-state index in [1.807, 2.05) is 6.33 Å². The van der Waals surface area contributed by atoms with Crippen LogP contribution >= 0.6 is 0 Å². The lowest BCUT2D eigenvalue weighted by Gasteiger charge is -2.33. The summed E-state index contributed by atoms with van der Waals surface area (Å²) in [5.41, 5.74) is 4.39. The largest absolute Gasteiger partial charge is 0.330 e. The van der Waals surface area contributed by atoms with E-state index in [1.54, 1.807) is 0 Å². The van der Waals surface area contributed by atoms with Gasteiger partial charge in [-0.1, -0.05) is 24.3 Å². The molecule has 128 valence electrons. The molecule has 0 spiro atoms. The van der Waals surface area contributed by atoms with Gasteiger partial charge in [-0.25, -0.2) is 4.98 Å².